The van der Waals surface area contributed by atoms with E-state index < -0.39 is 0 Å². The molecule has 0 atom stereocenters. The van der Waals surface area contributed by atoms with Crippen LogP contribution in [0.1, 0.15) is 51.8 Å². The van der Waals surface area contributed by atoms with Gasteiger partial charge in [0, 0.05) is 17.8 Å². The van der Waals surface area contributed by atoms with Crippen molar-refractivity contribution in [3.8, 4) is 0 Å². The van der Waals surface area contributed by atoms with Crippen molar-refractivity contribution in [1.29, 1.82) is 0 Å². The van der Waals surface area contributed by atoms with Gasteiger partial charge in [0.1, 0.15) is 0 Å². The first-order valence-electron chi connectivity index (χ1n) is 6.40. The molecule has 1 heterocycles. The second-order valence-electron chi connectivity index (χ2n) is 4.87. The molecule has 0 saturated carbocycles. The van der Waals surface area contributed by atoms with E-state index in [4.69, 9.17) is 0 Å². The van der Waals surface area contributed by atoms with Crippen LogP contribution in [0.4, 0.5) is 0 Å². The lowest BCUT2D eigenvalue weighted by Crippen LogP contribution is -2.19. The molecule has 1 aromatic rings. The Kier molecular flexibility index (Phi) is 4.84. The van der Waals surface area contributed by atoms with Crippen LogP contribution in [0, 0.1) is 5.92 Å². The molecule has 0 aliphatic heterocycles. The fourth-order valence-electron chi connectivity index (χ4n) is 2.03. The van der Waals surface area contributed by atoms with Crippen LogP contribution in [0.2, 0.25) is 0 Å². The molecule has 3 heteroatoms. The standard InChI is InChI=1S/C13H24N2O/c1-5-7-12-11(9-10(3)4)13(16)15(14-12)8-6-2/h10,14H,5-9H2,1-4H3. The lowest BCUT2D eigenvalue weighted by atomic mass is 10.0. The highest BCUT2D eigenvalue weighted by molar-refractivity contribution is 5.18. The molecule has 1 N–H and O–H groups in total. The minimum atomic E-state index is 0.194. The summed E-state index contributed by atoms with van der Waals surface area (Å²) in [6.45, 7) is 9.36. The van der Waals surface area contributed by atoms with Crippen LogP contribution < -0.4 is 5.56 Å². The van der Waals surface area contributed by atoms with Crippen LogP contribution in [0.5, 0.6) is 0 Å². The first-order valence-corrected chi connectivity index (χ1v) is 6.40. The van der Waals surface area contributed by atoms with Gasteiger partial charge >= 0.3 is 0 Å². The number of hydrogen-bond donors (Lipinski definition) is 1. The van der Waals surface area contributed by atoms with E-state index in [1.54, 1.807) is 4.68 Å². The number of aryl methyl sites for hydroxylation is 2. The van der Waals surface area contributed by atoms with E-state index in [-0.39, 0.29) is 5.56 Å². The van der Waals surface area contributed by atoms with Crippen molar-refractivity contribution >= 4 is 0 Å². The van der Waals surface area contributed by atoms with Gasteiger partial charge in [-0.3, -0.25) is 14.6 Å². The van der Waals surface area contributed by atoms with E-state index >= 15 is 0 Å². The summed E-state index contributed by atoms with van der Waals surface area (Å²) in [6, 6.07) is 0. The van der Waals surface area contributed by atoms with Crippen molar-refractivity contribution in [2.45, 2.75) is 59.9 Å². The lowest BCUT2D eigenvalue weighted by molar-refractivity contribution is 0.575. The van der Waals surface area contributed by atoms with Crippen LogP contribution >= 0.6 is 0 Å². The summed E-state index contributed by atoms with van der Waals surface area (Å²) in [5.41, 5.74) is 2.35. The molecule has 0 bridgehead atoms. The van der Waals surface area contributed by atoms with Crippen LogP contribution in [0.15, 0.2) is 4.79 Å². The quantitative estimate of drug-likeness (QED) is 0.792. The molecule has 0 amide bonds. The Morgan fingerprint density at radius 2 is 1.94 bits per heavy atom. The molecule has 0 saturated heterocycles. The zero-order valence-corrected chi connectivity index (χ0v) is 11.0. The van der Waals surface area contributed by atoms with Gasteiger partial charge in [-0.1, -0.05) is 34.1 Å². The van der Waals surface area contributed by atoms with Crippen LogP contribution in [0.25, 0.3) is 0 Å². The minimum absolute atomic E-state index is 0.194. The smallest absolute Gasteiger partial charge is 0.269 e. The van der Waals surface area contributed by atoms with E-state index in [2.05, 4.69) is 32.8 Å². The fourth-order valence-corrected chi connectivity index (χ4v) is 2.03. The monoisotopic (exact) mass is 224 g/mol. The molecule has 0 aliphatic carbocycles. The maximum Gasteiger partial charge on any atom is 0.269 e. The number of hydrogen-bond acceptors (Lipinski definition) is 1. The molecule has 0 fully saturated rings. The van der Waals surface area contributed by atoms with Crippen molar-refractivity contribution in [3.05, 3.63) is 21.6 Å². The zero-order valence-electron chi connectivity index (χ0n) is 11.0. The molecule has 0 aromatic carbocycles. The van der Waals surface area contributed by atoms with Crippen molar-refractivity contribution in [1.82, 2.24) is 9.78 Å². The Balaban J connectivity index is 3.05. The van der Waals surface area contributed by atoms with Crippen LogP contribution in [-0.2, 0) is 19.4 Å². The van der Waals surface area contributed by atoms with Gasteiger partial charge in [-0.05, 0) is 25.2 Å². The second-order valence-corrected chi connectivity index (χ2v) is 4.87. The first kappa shape index (κ1) is 13.1. The molecule has 3 nitrogen and oxygen atoms in total. The number of nitrogens with zero attached hydrogens (tertiary/aromatic N) is 1. The van der Waals surface area contributed by atoms with Gasteiger partial charge in [-0.25, -0.2) is 0 Å². The molecule has 1 aromatic heterocycles. The lowest BCUT2D eigenvalue weighted by Gasteiger charge is -2.03. The highest BCUT2D eigenvalue weighted by Gasteiger charge is 2.13. The van der Waals surface area contributed by atoms with Crippen molar-refractivity contribution in [3.63, 3.8) is 0 Å². The van der Waals surface area contributed by atoms with E-state index in [1.165, 1.54) is 0 Å². The third kappa shape index (κ3) is 3.00. The second kappa shape index (κ2) is 5.92. The highest BCUT2D eigenvalue weighted by Crippen LogP contribution is 2.10. The van der Waals surface area contributed by atoms with E-state index in [0.717, 1.165) is 43.5 Å². The van der Waals surface area contributed by atoms with Gasteiger partial charge in [0.25, 0.3) is 5.56 Å². The number of aromatic amines is 1. The number of nitrogens with one attached hydrogen (secondary N) is 1. The summed E-state index contributed by atoms with van der Waals surface area (Å²) in [4.78, 5) is 12.1. The zero-order chi connectivity index (χ0) is 12.1. The average Bonchev–Trinajstić information content (AvgIpc) is 2.47. The van der Waals surface area contributed by atoms with Gasteiger partial charge in [0.05, 0.1) is 0 Å². The van der Waals surface area contributed by atoms with Gasteiger partial charge in [0.15, 0.2) is 0 Å². The predicted molar refractivity (Wildman–Crippen MR) is 67.9 cm³/mol. The maximum absolute atomic E-state index is 12.1. The Labute approximate surface area is 97.8 Å². The van der Waals surface area contributed by atoms with Crippen molar-refractivity contribution < 1.29 is 0 Å². The molecule has 0 radical (unpaired) electrons. The molecular formula is C13H24N2O. The van der Waals surface area contributed by atoms with Gasteiger partial charge in [0.2, 0.25) is 0 Å². The molecule has 1 rings (SSSR count). The summed E-state index contributed by atoms with van der Waals surface area (Å²) < 4.78 is 1.77. The molecule has 0 spiro atoms. The third-order valence-corrected chi connectivity index (χ3v) is 2.70. The molecule has 0 aliphatic rings. The number of H-pyrrole nitrogens is 1. The van der Waals surface area contributed by atoms with Gasteiger partial charge < -0.3 is 0 Å². The normalized spacial score (nSPS) is 11.3. The predicted octanol–water partition coefficient (Wildman–Crippen LogP) is 2.74. The topological polar surface area (TPSA) is 37.8 Å². The summed E-state index contributed by atoms with van der Waals surface area (Å²) in [7, 11) is 0. The molecule has 92 valence electrons. The summed E-state index contributed by atoms with van der Waals surface area (Å²) in [6.07, 6.45) is 3.94. The Morgan fingerprint density at radius 1 is 1.25 bits per heavy atom. The van der Waals surface area contributed by atoms with Gasteiger partial charge in [-0.15, -0.1) is 0 Å². The Hall–Kier alpha value is -0.990. The number of rotatable bonds is 6. The highest BCUT2D eigenvalue weighted by atomic mass is 16.1. The van der Waals surface area contributed by atoms with E-state index in [1.807, 2.05) is 0 Å². The third-order valence-electron chi connectivity index (χ3n) is 2.70. The Bertz CT molecular complexity index is 374. The SMILES string of the molecule is CCCc1[nH]n(CCC)c(=O)c1CC(C)C. The summed E-state index contributed by atoms with van der Waals surface area (Å²) in [5, 5.41) is 3.26. The summed E-state index contributed by atoms with van der Waals surface area (Å²) in [5.74, 6) is 0.536. The average molecular weight is 224 g/mol. The maximum atomic E-state index is 12.1. The summed E-state index contributed by atoms with van der Waals surface area (Å²) >= 11 is 0. The Morgan fingerprint density at radius 3 is 2.44 bits per heavy atom. The van der Waals surface area contributed by atoms with Crippen molar-refractivity contribution in [2.75, 3.05) is 0 Å². The van der Waals surface area contributed by atoms with E-state index in [9.17, 15) is 4.79 Å². The fraction of sp³-hybridized carbons (Fsp3) is 0.769. The van der Waals surface area contributed by atoms with E-state index in [0.29, 0.717) is 5.92 Å². The number of aromatic nitrogens is 2. The van der Waals surface area contributed by atoms with Crippen LogP contribution in [-0.4, -0.2) is 9.78 Å². The van der Waals surface area contributed by atoms with Crippen LogP contribution in [0.3, 0.4) is 0 Å². The van der Waals surface area contributed by atoms with Crippen molar-refractivity contribution in [2.24, 2.45) is 5.92 Å². The first-order chi connectivity index (χ1) is 7.60. The molecule has 16 heavy (non-hydrogen) atoms. The molecule has 0 unspecified atom stereocenters. The van der Waals surface area contributed by atoms with Gasteiger partial charge in [-0.2, -0.15) is 0 Å². The molecular weight excluding hydrogens is 200 g/mol. The minimum Gasteiger partial charge on any atom is -0.299 e. The largest absolute Gasteiger partial charge is 0.299 e.